The van der Waals surface area contributed by atoms with E-state index in [9.17, 15) is 13.2 Å². The van der Waals surface area contributed by atoms with E-state index in [1.54, 1.807) is 19.1 Å². The number of sulfonamides is 1. The maximum atomic E-state index is 12.8. The summed E-state index contributed by atoms with van der Waals surface area (Å²) in [7, 11) is -3.58. The van der Waals surface area contributed by atoms with E-state index in [0.29, 0.717) is 24.2 Å². The third kappa shape index (κ3) is 4.15. The Kier molecular flexibility index (Phi) is 6.37. The van der Waals surface area contributed by atoms with Gasteiger partial charge in [0.2, 0.25) is 10.0 Å². The predicted octanol–water partition coefficient (Wildman–Crippen LogP) is 1.51. The number of hydrogen-bond donors (Lipinski definition) is 2. The van der Waals surface area contributed by atoms with Gasteiger partial charge in [0.05, 0.1) is 4.90 Å². The summed E-state index contributed by atoms with van der Waals surface area (Å²) in [6, 6.07) is 4.97. The lowest BCUT2D eigenvalue weighted by molar-refractivity contribution is 0.0930. The van der Waals surface area contributed by atoms with Crippen molar-refractivity contribution in [2.24, 2.45) is 0 Å². The monoisotopic (exact) mass is 353 g/mol. The topological polar surface area (TPSA) is 78.5 Å². The molecule has 1 unspecified atom stereocenters. The first-order valence-electron chi connectivity index (χ1n) is 8.52. The molecule has 0 saturated carbocycles. The van der Waals surface area contributed by atoms with Gasteiger partial charge in [0.25, 0.3) is 5.91 Å². The zero-order valence-corrected chi connectivity index (χ0v) is 15.4. The summed E-state index contributed by atoms with van der Waals surface area (Å²) < 4.78 is 26.9. The zero-order valence-electron chi connectivity index (χ0n) is 14.6. The molecule has 1 saturated heterocycles. The van der Waals surface area contributed by atoms with Crippen molar-refractivity contribution in [3.05, 3.63) is 29.3 Å². The van der Waals surface area contributed by atoms with Crippen molar-refractivity contribution in [3.63, 3.8) is 0 Å². The fraction of sp³-hybridized carbons (Fsp3) is 0.588. The van der Waals surface area contributed by atoms with Crippen LogP contribution in [-0.2, 0) is 10.0 Å². The molecule has 2 N–H and O–H groups in total. The molecular weight excluding hydrogens is 326 g/mol. The molecule has 24 heavy (non-hydrogen) atoms. The Labute approximate surface area is 144 Å². The minimum atomic E-state index is -3.58. The predicted molar refractivity (Wildman–Crippen MR) is 94.6 cm³/mol. The highest BCUT2D eigenvalue weighted by atomic mass is 32.2. The van der Waals surface area contributed by atoms with Crippen LogP contribution >= 0.6 is 0 Å². The number of benzene rings is 1. The van der Waals surface area contributed by atoms with E-state index in [4.69, 9.17) is 0 Å². The maximum absolute atomic E-state index is 12.8. The number of nitrogens with one attached hydrogen (secondary N) is 2. The smallest absolute Gasteiger partial charge is 0.251 e. The van der Waals surface area contributed by atoms with E-state index in [2.05, 4.69) is 10.6 Å². The van der Waals surface area contributed by atoms with E-state index < -0.39 is 10.0 Å². The molecule has 1 aliphatic heterocycles. The van der Waals surface area contributed by atoms with Crippen LogP contribution in [0, 0.1) is 6.92 Å². The molecule has 7 heteroatoms. The van der Waals surface area contributed by atoms with Gasteiger partial charge in [0.15, 0.2) is 0 Å². The molecule has 1 amide bonds. The number of hydrogen-bond acceptors (Lipinski definition) is 4. The fourth-order valence-electron chi connectivity index (χ4n) is 2.97. The molecule has 0 spiro atoms. The van der Waals surface area contributed by atoms with Crippen LogP contribution in [-0.4, -0.2) is 50.9 Å². The third-order valence-electron chi connectivity index (χ3n) is 4.41. The summed E-state index contributed by atoms with van der Waals surface area (Å²) in [5.74, 6) is -0.223. The van der Waals surface area contributed by atoms with Crippen LogP contribution in [0.25, 0.3) is 0 Å². The van der Waals surface area contributed by atoms with Gasteiger partial charge in [0.1, 0.15) is 0 Å². The van der Waals surface area contributed by atoms with E-state index in [0.717, 1.165) is 25.9 Å². The van der Waals surface area contributed by atoms with Gasteiger partial charge in [-0.1, -0.05) is 19.9 Å². The summed E-state index contributed by atoms with van der Waals surface area (Å²) in [5.41, 5.74) is 1.04. The van der Waals surface area contributed by atoms with E-state index in [1.165, 1.54) is 10.4 Å². The van der Waals surface area contributed by atoms with Crippen molar-refractivity contribution in [2.45, 2.75) is 44.6 Å². The van der Waals surface area contributed by atoms with Crippen LogP contribution in [0.4, 0.5) is 0 Å². The average molecular weight is 353 g/mol. The van der Waals surface area contributed by atoms with Gasteiger partial charge < -0.3 is 10.6 Å². The number of amides is 1. The van der Waals surface area contributed by atoms with Gasteiger partial charge in [0, 0.05) is 31.2 Å². The lowest BCUT2D eigenvalue weighted by atomic mass is 10.1. The third-order valence-corrected chi connectivity index (χ3v) is 6.60. The van der Waals surface area contributed by atoms with Crippen molar-refractivity contribution >= 4 is 15.9 Å². The van der Waals surface area contributed by atoms with Crippen LogP contribution in [0.3, 0.4) is 0 Å². The quantitative estimate of drug-likeness (QED) is 0.812. The van der Waals surface area contributed by atoms with E-state index in [-0.39, 0.29) is 16.8 Å². The molecule has 1 atom stereocenters. The SMILES string of the molecule is CCN(CC)S(=O)(=O)c1cc(C(=O)NC2CCCNC2)ccc1C. The number of nitrogens with zero attached hydrogens (tertiary/aromatic N) is 1. The Morgan fingerprint density at radius 3 is 2.62 bits per heavy atom. The number of carbonyl (C=O) groups excluding carboxylic acids is 1. The van der Waals surface area contributed by atoms with Gasteiger partial charge >= 0.3 is 0 Å². The van der Waals surface area contributed by atoms with Crippen LogP contribution in [0.2, 0.25) is 0 Å². The summed E-state index contributed by atoms with van der Waals surface area (Å²) >= 11 is 0. The molecule has 6 nitrogen and oxygen atoms in total. The normalized spacial score (nSPS) is 18.6. The van der Waals surface area contributed by atoms with Crippen LogP contribution in [0.15, 0.2) is 23.1 Å². The Morgan fingerprint density at radius 2 is 2.04 bits per heavy atom. The fourth-order valence-corrected chi connectivity index (χ4v) is 4.67. The minimum Gasteiger partial charge on any atom is -0.348 e. The van der Waals surface area contributed by atoms with Crippen LogP contribution in [0.1, 0.15) is 42.6 Å². The number of aryl methyl sites for hydroxylation is 1. The molecule has 0 bridgehead atoms. The molecule has 1 aromatic rings. The maximum Gasteiger partial charge on any atom is 0.251 e. The Morgan fingerprint density at radius 1 is 1.33 bits per heavy atom. The highest BCUT2D eigenvalue weighted by molar-refractivity contribution is 7.89. The molecule has 134 valence electrons. The molecule has 0 aromatic heterocycles. The van der Waals surface area contributed by atoms with Crippen molar-refractivity contribution in [1.82, 2.24) is 14.9 Å². The van der Waals surface area contributed by atoms with Crippen molar-refractivity contribution < 1.29 is 13.2 Å². The van der Waals surface area contributed by atoms with Crippen LogP contribution < -0.4 is 10.6 Å². The number of rotatable bonds is 6. The van der Waals surface area contributed by atoms with Crippen molar-refractivity contribution in [1.29, 1.82) is 0 Å². The van der Waals surface area contributed by atoms with Crippen molar-refractivity contribution in [3.8, 4) is 0 Å². The second-order valence-corrected chi connectivity index (χ2v) is 7.99. The summed E-state index contributed by atoms with van der Waals surface area (Å²) in [5, 5.41) is 6.23. The summed E-state index contributed by atoms with van der Waals surface area (Å²) in [4.78, 5) is 12.7. The molecular formula is C17H27N3O3S. The second-order valence-electron chi connectivity index (χ2n) is 6.09. The highest BCUT2D eigenvalue weighted by Crippen LogP contribution is 2.21. The largest absolute Gasteiger partial charge is 0.348 e. The molecule has 1 aromatic carbocycles. The summed E-state index contributed by atoms with van der Waals surface area (Å²) in [6.07, 6.45) is 1.97. The van der Waals surface area contributed by atoms with Gasteiger partial charge in [-0.25, -0.2) is 8.42 Å². The van der Waals surface area contributed by atoms with Crippen molar-refractivity contribution in [2.75, 3.05) is 26.2 Å². The number of carbonyl (C=O) groups is 1. The highest BCUT2D eigenvalue weighted by Gasteiger charge is 2.25. The first-order valence-corrected chi connectivity index (χ1v) is 9.96. The number of piperidine rings is 1. The molecule has 0 aliphatic carbocycles. The van der Waals surface area contributed by atoms with Gasteiger partial charge in [-0.3, -0.25) is 4.79 Å². The molecule has 2 rings (SSSR count). The minimum absolute atomic E-state index is 0.0930. The van der Waals surface area contributed by atoms with Gasteiger partial charge in [-0.05, 0) is 44.0 Å². The molecule has 1 fully saturated rings. The van der Waals surface area contributed by atoms with Crippen LogP contribution in [0.5, 0.6) is 0 Å². The van der Waals surface area contributed by atoms with Gasteiger partial charge in [-0.15, -0.1) is 0 Å². The zero-order chi connectivity index (χ0) is 17.7. The Bertz CT molecular complexity index is 678. The summed E-state index contributed by atoms with van der Waals surface area (Å²) in [6.45, 7) is 7.91. The molecule has 1 aliphatic rings. The molecule has 0 radical (unpaired) electrons. The average Bonchev–Trinajstić information content (AvgIpc) is 2.56. The standard InChI is InChI=1S/C17H27N3O3S/c1-4-20(5-2)24(22,23)16-11-14(9-8-13(16)3)17(21)19-15-7-6-10-18-12-15/h8-9,11,15,18H,4-7,10,12H2,1-3H3,(H,19,21). The lowest BCUT2D eigenvalue weighted by Gasteiger charge is -2.24. The van der Waals surface area contributed by atoms with E-state index in [1.807, 2.05) is 13.8 Å². The first-order chi connectivity index (χ1) is 11.4. The van der Waals surface area contributed by atoms with E-state index >= 15 is 0 Å². The molecule has 1 heterocycles. The Hall–Kier alpha value is -1.44. The lowest BCUT2D eigenvalue weighted by Crippen LogP contribution is -2.45. The Balaban J connectivity index is 2.26. The van der Waals surface area contributed by atoms with Gasteiger partial charge in [-0.2, -0.15) is 4.31 Å². The first kappa shape index (κ1) is 18.9. The second kappa shape index (κ2) is 8.09.